The third kappa shape index (κ3) is 7.55. The van der Waals surface area contributed by atoms with Crippen molar-refractivity contribution < 1.29 is 12.8 Å². The maximum Gasteiger partial charge on any atom is 0.240 e. The SMILES string of the molecule is CN=C(NCCNS(=O)(=O)c1cc(C)ccc1C)NCc1ncc(C(C)(C)C)o1.I. The van der Waals surface area contributed by atoms with Crippen molar-refractivity contribution in [2.45, 2.75) is 51.5 Å². The monoisotopic (exact) mass is 549 g/mol. The summed E-state index contributed by atoms with van der Waals surface area (Å²) >= 11 is 0. The molecule has 0 aliphatic rings. The summed E-state index contributed by atoms with van der Waals surface area (Å²) in [5, 5.41) is 6.17. The number of aromatic nitrogens is 1. The van der Waals surface area contributed by atoms with Crippen LogP contribution in [0.2, 0.25) is 0 Å². The Bertz CT molecular complexity index is 965. The normalized spacial score (nSPS) is 12.4. The molecule has 1 aromatic heterocycles. The zero-order chi connectivity index (χ0) is 21.7. The molecule has 30 heavy (non-hydrogen) atoms. The average Bonchev–Trinajstić information content (AvgIpc) is 3.12. The molecule has 3 N–H and O–H groups in total. The summed E-state index contributed by atoms with van der Waals surface area (Å²) in [5.74, 6) is 1.91. The van der Waals surface area contributed by atoms with Gasteiger partial charge in [0.15, 0.2) is 5.96 Å². The lowest BCUT2D eigenvalue weighted by atomic mass is 9.94. The zero-order valence-electron chi connectivity index (χ0n) is 18.4. The van der Waals surface area contributed by atoms with Gasteiger partial charge in [0.2, 0.25) is 15.9 Å². The molecule has 0 saturated heterocycles. The van der Waals surface area contributed by atoms with E-state index in [1.165, 1.54) is 0 Å². The van der Waals surface area contributed by atoms with Crippen LogP contribution in [0.1, 0.15) is 43.5 Å². The van der Waals surface area contributed by atoms with E-state index in [0.717, 1.165) is 11.3 Å². The van der Waals surface area contributed by atoms with Crippen LogP contribution in [0, 0.1) is 13.8 Å². The Labute approximate surface area is 196 Å². The number of aryl methyl sites for hydroxylation is 2. The quantitative estimate of drug-likeness (QED) is 0.212. The second-order valence-corrected chi connectivity index (χ2v) is 9.62. The second-order valence-electron chi connectivity index (χ2n) is 7.89. The average molecular weight is 549 g/mol. The third-order valence-electron chi connectivity index (χ3n) is 4.27. The summed E-state index contributed by atoms with van der Waals surface area (Å²) < 4.78 is 33.4. The first kappa shape index (κ1) is 26.4. The van der Waals surface area contributed by atoms with Crippen molar-refractivity contribution in [2.24, 2.45) is 4.99 Å². The first-order valence-electron chi connectivity index (χ1n) is 9.49. The van der Waals surface area contributed by atoms with Crippen molar-refractivity contribution in [3.63, 3.8) is 0 Å². The molecule has 1 heterocycles. The molecular formula is C20H32IN5O3S. The molecule has 1 aromatic carbocycles. The van der Waals surface area contributed by atoms with Gasteiger partial charge < -0.3 is 15.1 Å². The molecular weight excluding hydrogens is 517 g/mol. The third-order valence-corrected chi connectivity index (χ3v) is 5.87. The van der Waals surface area contributed by atoms with Crippen molar-refractivity contribution in [1.82, 2.24) is 20.3 Å². The molecule has 0 saturated carbocycles. The molecule has 0 spiro atoms. The predicted molar refractivity (Wildman–Crippen MR) is 130 cm³/mol. The Morgan fingerprint density at radius 3 is 2.47 bits per heavy atom. The van der Waals surface area contributed by atoms with Crippen LogP contribution in [0.4, 0.5) is 0 Å². The number of halogens is 1. The minimum Gasteiger partial charge on any atom is -0.443 e. The fourth-order valence-electron chi connectivity index (χ4n) is 2.56. The number of oxazole rings is 1. The van der Waals surface area contributed by atoms with Crippen LogP contribution >= 0.6 is 24.0 Å². The number of nitrogens with one attached hydrogen (secondary N) is 3. The first-order valence-corrected chi connectivity index (χ1v) is 11.0. The van der Waals surface area contributed by atoms with Crippen LogP contribution in [0.3, 0.4) is 0 Å². The smallest absolute Gasteiger partial charge is 0.240 e. The van der Waals surface area contributed by atoms with Crippen molar-refractivity contribution in [3.8, 4) is 0 Å². The van der Waals surface area contributed by atoms with Crippen LogP contribution in [-0.2, 0) is 22.0 Å². The summed E-state index contributed by atoms with van der Waals surface area (Å²) in [7, 11) is -1.92. The Hall–Kier alpha value is -1.66. The number of hydrogen-bond donors (Lipinski definition) is 3. The maximum absolute atomic E-state index is 12.5. The molecule has 168 valence electrons. The van der Waals surface area contributed by atoms with Crippen molar-refractivity contribution >= 4 is 40.0 Å². The fourth-order valence-corrected chi connectivity index (χ4v) is 3.92. The van der Waals surface area contributed by atoms with Crippen molar-refractivity contribution in [1.29, 1.82) is 0 Å². The molecule has 0 fully saturated rings. The number of hydrogen-bond acceptors (Lipinski definition) is 5. The number of benzene rings is 1. The summed E-state index contributed by atoms with van der Waals surface area (Å²) in [6.07, 6.45) is 1.73. The van der Waals surface area contributed by atoms with Gasteiger partial charge in [-0.1, -0.05) is 32.9 Å². The second kappa shape index (κ2) is 11.1. The molecule has 0 unspecified atom stereocenters. The predicted octanol–water partition coefficient (Wildman–Crippen LogP) is 2.85. The molecule has 0 aliphatic heterocycles. The molecule has 0 aliphatic carbocycles. The van der Waals surface area contributed by atoms with E-state index < -0.39 is 10.0 Å². The summed E-state index contributed by atoms with van der Waals surface area (Å²) in [6, 6.07) is 5.37. The summed E-state index contributed by atoms with van der Waals surface area (Å²) in [5.41, 5.74) is 1.52. The van der Waals surface area contributed by atoms with Crippen LogP contribution in [0.25, 0.3) is 0 Å². The Balaban J connectivity index is 0.00000450. The van der Waals surface area contributed by atoms with E-state index >= 15 is 0 Å². The van der Waals surface area contributed by atoms with E-state index in [1.54, 1.807) is 26.2 Å². The van der Waals surface area contributed by atoms with Gasteiger partial charge in [0, 0.05) is 25.6 Å². The molecule has 2 aromatic rings. The minimum atomic E-state index is -3.56. The van der Waals surface area contributed by atoms with Gasteiger partial charge >= 0.3 is 0 Å². The summed E-state index contributed by atoms with van der Waals surface area (Å²) in [4.78, 5) is 8.69. The highest BCUT2D eigenvalue weighted by atomic mass is 127. The van der Waals surface area contributed by atoms with Gasteiger partial charge in [-0.2, -0.15) is 0 Å². The van der Waals surface area contributed by atoms with Crippen LogP contribution < -0.4 is 15.4 Å². The Kier molecular flexibility index (Phi) is 9.76. The lowest BCUT2D eigenvalue weighted by molar-refractivity contribution is 0.379. The van der Waals surface area contributed by atoms with Gasteiger partial charge in [0.25, 0.3) is 0 Å². The van der Waals surface area contributed by atoms with Crippen LogP contribution in [0.15, 0.2) is 38.7 Å². The highest BCUT2D eigenvalue weighted by Crippen LogP contribution is 2.22. The maximum atomic E-state index is 12.5. The molecule has 10 heteroatoms. The fraction of sp³-hybridized carbons (Fsp3) is 0.500. The standard InChI is InChI=1S/C20H31N5O3S.HI/c1-14-7-8-15(2)16(11-14)29(26,27)25-10-9-22-19(21-6)24-13-18-23-12-17(28-18)20(3,4)5;/h7-8,11-12,25H,9-10,13H2,1-6H3,(H2,21,22,24);1H. The lowest BCUT2D eigenvalue weighted by Gasteiger charge is -2.14. The molecule has 8 nitrogen and oxygen atoms in total. The molecule has 0 bridgehead atoms. The van der Waals surface area contributed by atoms with E-state index in [2.05, 4.69) is 46.1 Å². The number of sulfonamides is 1. The Morgan fingerprint density at radius 2 is 1.87 bits per heavy atom. The number of nitrogens with zero attached hydrogens (tertiary/aromatic N) is 2. The highest BCUT2D eigenvalue weighted by Gasteiger charge is 2.19. The van der Waals surface area contributed by atoms with E-state index in [0.29, 0.717) is 35.4 Å². The van der Waals surface area contributed by atoms with E-state index in [4.69, 9.17) is 4.42 Å². The minimum absolute atomic E-state index is 0. The van der Waals surface area contributed by atoms with E-state index in [9.17, 15) is 8.42 Å². The molecule has 0 amide bonds. The van der Waals surface area contributed by atoms with Gasteiger partial charge in [-0.15, -0.1) is 24.0 Å². The first-order chi connectivity index (χ1) is 13.5. The van der Waals surface area contributed by atoms with Gasteiger partial charge in [0.1, 0.15) is 5.76 Å². The number of guanidine groups is 1. The van der Waals surface area contributed by atoms with Crippen molar-refractivity contribution in [3.05, 3.63) is 47.2 Å². The molecule has 0 atom stereocenters. The van der Waals surface area contributed by atoms with Gasteiger partial charge in [-0.3, -0.25) is 4.99 Å². The number of aliphatic imine (C=N–C) groups is 1. The van der Waals surface area contributed by atoms with Crippen LogP contribution in [0.5, 0.6) is 0 Å². The van der Waals surface area contributed by atoms with Crippen molar-refractivity contribution in [2.75, 3.05) is 20.1 Å². The van der Waals surface area contributed by atoms with E-state index in [1.807, 2.05) is 19.1 Å². The van der Waals surface area contributed by atoms with Gasteiger partial charge in [0.05, 0.1) is 17.6 Å². The molecule has 2 rings (SSSR count). The summed E-state index contributed by atoms with van der Waals surface area (Å²) in [6.45, 7) is 10.8. The Morgan fingerprint density at radius 1 is 1.17 bits per heavy atom. The lowest BCUT2D eigenvalue weighted by Crippen LogP contribution is -2.41. The van der Waals surface area contributed by atoms with Gasteiger partial charge in [-0.25, -0.2) is 18.1 Å². The number of rotatable bonds is 7. The topological polar surface area (TPSA) is 109 Å². The van der Waals surface area contributed by atoms with Crippen LogP contribution in [-0.4, -0.2) is 39.5 Å². The van der Waals surface area contributed by atoms with E-state index in [-0.39, 0.29) is 35.9 Å². The van der Waals surface area contributed by atoms with Gasteiger partial charge in [-0.05, 0) is 31.0 Å². The zero-order valence-corrected chi connectivity index (χ0v) is 21.5. The molecule has 0 radical (unpaired) electrons. The highest BCUT2D eigenvalue weighted by molar-refractivity contribution is 14.0. The largest absolute Gasteiger partial charge is 0.443 e.